The lowest BCUT2D eigenvalue weighted by Crippen LogP contribution is -2.03. The maximum atomic E-state index is 14.7. The van der Waals surface area contributed by atoms with Crippen molar-refractivity contribution >= 4 is 34.9 Å². The molecule has 3 aromatic heterocycles. The summed E-state index contributed by atoms with van der Waals surface area (Å²) < 4.78 is 16.3. The van der Waals surface area contributed by atoms with Crippen molar-refractivity contribution < 1.29 is 4.39 Å². The Hall–Kier alpha value is -3.46. The highest BCUT2D eigenvalue weighted by Gasteiger charge is 2.13. The maximum absolute atomic E-state index is 14.7. The Morgan fingerprint density at radius 1 is 1.14 bits per heavy atom. The Kier molecular flexibility index (Phi) is 4.89. The van der Waals surface area contributed by atoms with Gasteiger partial charge in [0.25, 0.3) is 0 Å². The minimum absolute atomic E-state index is 0.279. The van der Waals surface area contributed by atoms with Crippen LogP contribution in [0.5, 0.6) is 0 Å². The van der Waals surface area contributed by atoms with Gasteiger partial charge in [0.2, 0.25) is 5.95 Å². The van der Waals surface area contributed by atoms with Crippen molar-refractivity contribution in [3.8, 4) is 11.1 Å². The van der Waals surface area contributed by atoms with Crippen LogP contribution in [0, 0.1) is 19.7 Å². The zero-order chi connectivity index (χ0) is 20.5. The summed E-state index contributed by atoms with van der Waals surface area (Å²) in [6.45, 7) is 3.77. The highest BCUT2D eigenvalue weighted by molar-refractivity contribution is 6.32. The number of aromatic amines is 1. The van der Waals surface area contributed by atoms with Crippen molar-refractivity contribution in [3.63, 3.8) is 0 Å². The summed E-state index contributed by atoms with van der Waals surface area (Å²) in [5.41, 5.74) is 3.48. The molecule has 3 N–H and O–H groups in total. The second kappa shape index (κ2) is 7.51. The fraction of sp³-hybridized carbons (Fsp3) is 0.158. The van der Waals surface area contributed by atoms with Gasteiger partial charge in [-0.25, -0.2) is 9.37 Å². The van der Waals surface area contributed by atoms with Crippen LogP contribution in [-0.2, 0) is 7.05 Å². The third kappa shape index (κ3) is 4.04. The van der Waals surface area contributed by atoms with Gasteiger partial charge >= 0.3 is 0 Å². The molecule has 8 nitrogen and oxygen atoms in total. The van der Waals surface area contributed by atoms with Crippen LogP contribution in [-0.4, -0.2) is 29.9 Å². The third-order valence-electron chi connectivity index (χ3n) is 4.27. The highest BCUT2D eigenvalue weighted by Crippen LogP contribution is 2.30. The zero-order valence-electron chi connectivity index (χ0n) is 16.0. The number of aromatic nitrogens is 6. The molecular formula is C19H18ClFN8. The smallest absolute Gasteiger partial charge is 0.229 e. The normalized spacial score (nSPS) is 10.9. The van der Waals surface area contributed by atoms with Gasteiger partial charge in [0.15, 0.2) is 11.6 Å². The molecular weight excluding hydrogens is 395 g/mol. The molecule has 0 aliphatic rings. The van der Waals surface area contributed by atoms with Crippen molar-refractivity contribution in [2.45, 2.75) is 13.8 Å². The average Bonchev–Trinajstić information content (AvgIpc) is 3.29. The summed E-state index contributed by atoms with van der Waals surface area (Å²) in [7, 11) is 1.79. The molecule has 4 aromatic rings. The van der Waals surface area contributed by atoms with Gasteiger partial charge in [-0.1, -0.05) is 11.6 Å². The lowest BCUT2D eigenvalue weighted by atomic mass is 10.0. The van der Waals surface area contributed by atoms with Gasteiger partial charge in [-0.05, 0) is 31.5 Å². The van der Waals surface area contributed by atoms with Crippen molar-refractivity contribution in [1.29, 1.82) is 0 Å². The predicted octanol–water partition coefficient (Wildman–Crippen LogP) is 4.50. The van der Waals surface area contributed by atoms with Crippen LogP contribution >= 0.6 is 11.6 Å². The highest BCUT2D eigenvalue weighted by atomic mass is 35.5. The first-order valence-electron chi connectivity index (χ1n) is 8.77. The topological polar surface area (TPSA) is 96.3 Å². The second-order valence-corrected chi connectivity index (χ2v) is 7.03. The van der Waals surface area contributed by atoms with Gasteiger partial charge in [-0.3, -0.25) is 9.78 Å². The number of rotatable bonds is 5. The molecule has 0 amide bonds. The van der Waals surface area contributed by atoms with Gasteiger partial charge in [0.1, 0.15) is 10.8 Å². The van der Waals surface area contributed by atoms with E-state index in [1.807, 2.05) is 19.9 Å². The van der Waals surface area contributed by atoms with E-state index in [1.165, 1.54) is 12.3 Å². The summed E-state index contributed by atoms with van der Waals surface area (Å²) in [6.07, 6.45) is 4.86. The third-order valence-corrected chi connectivity index (χ3v) is 4.55. The van der Waals surface area contributed by atoms with Gasteiger partial charge in [0, 0.05) is 41.8 Å². The van der Waals surface area contributed by atoms with Crippen LogP contribution in [0.3, 0.4) is 0 Å². The summed E-state index contributed by atoms with van der Waals surface area (Å²) in [4.78, 5) is 8.55. The van der Waals surface area contributed by atoms with Gasteiger partial charge in [-0.15, -0.1) is 0 Å². The van der Waals surface area contributed by atoms with Gasteiger partial charge < -0.3 is 10.6 Å². The number of nitrogens with zero attached hydrogens (tertiary/aromatic N) is 5. The zero-order valence-corrected chi connectivity index (χ0v) is 16.7. The molecule has 0 bridgehead atoms. The van der Waals surface area contributed by atoms with Crippen LogP contribution in [0.25, 0.3) is 11.1 Å². The number of aryl methyl sites for hydroxylation is 3. The molecule has 0 radical (unpaired) electrons. The van der Waals surface area contributed by atoms with E-state index in [1.54, 1.807) is 30.2 Å². The summed E-state index contributed by atoms with van der Waals surface area (Å²) >= 11 is 6.18. The van der Waals surface area contributed by atoms with Crippen LogP contribution in [0.1, 0.15) is 11.3 Å². The van der Waals surface area contributed by atoms with E-state index >= 15 is 0 Å². The van der Waals surface area contributed by atoms with Crippen LogP contribution < -0.4 is 10.6 Å². The van der Waals surface area contributed by atoms with E-state index in [0.29, 0.717) is 33.5 Å². The first kappa shape index (κ1) is 18.9. The summed E-state index contributed by atoms with van der Waals surface area (Å²) in [5, 5.41) is 17.4. The number of anilines is 4. The van der Waals surface area contributed by atoms with Crippen LogP contribution in [0.2, 0.25) is 5.02 Å². The molecule has 148 valence electrons. The number of nitrogens with one attached hydrogen (secondary N) is 3. The predicted molar refractivity (Wildman–Crippen MR) is 110 cm³/mol. The van der Waals surface area contributed by atoms with Crippen LogP contribution in [0.4, 0.5) is 27.7 Å². The molecule has 0 aliphatic heterocycles. The molecule has 0 saturated carbocycles. The van der Waals surface area contributed by atoms with E-state index in [-0.39, 0.29) is 11.8 Å². The van der Waals surface area contributed by atoms with E-state index < -0.39 is 0 Å². The van der Waals surface area contributed by atoms with Gasteiger partial charge in [0.05, 0.1) is 12.4 Å². The summed E-state index contributed by atoms with van der Waals surface area (Å²) in [5.74, 6) is 0.879. The standard InChI is InChI=1S/C19H18ClFN8/c1-10-4-13(12-7-23-29(3)9-12)15(21)6-16(10)24-19-22-8-14(20)18(26-19)25-17-5-11(2)27-28-17/h4-9H,1-3H3,(H3,22,24,25,26,27,28). The van der Waals surface area contributed by atoms with Crippen molar-refractivity contribution in [1.82, 2.24) is 29.9 Å². The van der Waals surface area contributed by atoms with Crippen molar-refractivity contribution in [3.05, 3.63) is 58.9 Å². The Morgan fingerprint density at radius 3 is 2.66 bits per heavy atom. The quantitative estimate of drug-likeness (QED) is 0.446. The first-order chi connectivity index (χ1) is 13.9. The molecule has 0 aliphatic carbocycles. The molecule has 0 unspecified atom stereocenters. The van der Waals surface area contributed by atoms with E-state index in [9.17, 15) is 4.39 Å². The number of halogens is 2. The Labute approximate surface area is 171 Å². The first-order valence-corrected chi connectivity index (χ1v) is 9.14. The Bertz CT molecular complexity index is 1180. The lowest BCUT2D eigenvalue weighted by Gasteiger charge is -2.12. The number of hydrogen-bond acceptors (Lipinski definition) is 6. The average molecular weight is 413 g/mol. The largest absolute Gasteiger partial charge is 0.324 e. The SMILES string of the molecule is Cc1cc(Nc2nc(Nc3cc(F)c(-c4cnn(C)c4)cc3C)ncc2Cl)n[nH]1. The van der Waals surface area contributed by atoms with Gasteiger partial charge in [-0.2, -0.15) is 15.2 Å². The molecule has 3 heterocycles. The Balaban J connectivity index is 1.60. The number of hydrogen-bond donors (Lipinski definition) is 3. The minimum Gasteiger partial charge on any atom is -0.324 e. The Morgan fingerprint density at radius 2 is 1.97 bits per heavy atom. The number of benzene rings is 1. The molecule has 0 saturated heterocycles. The molecule has 0 atom stereocenters. The van der Waals surface area contributed by atoms with Crippen molar-refractivity contribution in [2.24, 2.45) is 7.05 Å². The maximum Gasteiger partial charge on any atom is 0.229 e. The lowest BCUT2D eigenvalue weighted by molar-refractivity contribution is 0.631. The second-order valence-electron chi connectivity index (χ2n) is 6.63. The molecule has 4 rings (SSSR count). The number of H-pyrrole nitrogens is 1. The van der Waals surface area contributed by atoms with E-state index in [2.05, 4.69) is 35.9 Å². The monoisotopic (exact) mass is 412 g/mol. The molecule has 10 heteroatoms. The fourth-order valence-electron chi connectivity index (χ4n) is 2.84. The van der Waals surface area contributed by atoms with E-state index in [4.69, 9.17) is 11.6 Å². The van der Waals surface area contributed by atoms with Crippen molar-refractivity contribution in [2.75, 3.05) is 10.6 Å². The molecule has 0 spiro atoms. The minimum atomic E-state index is -0.370. The fourth-order valence-corrected chi connectivity index (χ4v) is 2.97. The molecule has 1 aromatic carbocycles. The molecule has 0 fully saturated rings. The van der Waals surface area contributed by atoms with Crippen LogP contribution in [0.15, 0.2) is 36.8 Å². The van der Waals surface area contributed by atoms with E-state index in [0.717, 1.165) is 11.3 Å². The molecule has 29 heavy (non-hydrogen) atoms. The summed E-state index contributed by atoms with van der Waals surface area (Å²) in [6, 6.07) is 5.00.